The Kier molecular flexibility index (Phi) is 4.86. The van der Waals surface area contributed by atoms with E-state index in [1.807, 2.05) is 0 Å². The van der Waals surface area contributed by atoms with Gasteiger partial charge in [0.15, 0.2) is 11.6 Å². The average molecular weight is 351 g/mol. The van der Waals surface area contributed by atoms with Gasteiger partial charge < -0.3 is 0 Å². The molecular formula is C24H30O2. The third-order valence-corrected chi connectivity index (χ3v) is 6.85. The number of allylic oxidation sites excluding steroid dienone is 8. The van der Waals surface area contributed by atoms with E-state index in [0.29, 0.717) is 35.2 Å². The lowest BCUT2D eigenvalue weighted by Crippen LogP contribution is -2.13. The number of carbonyl (C=O) groups is 2. The van der Waals surface area contributed by atoms with Gasteiger partial charge in [-0.05, 0) is 85.5 Å². The van der Waals surface area contributed by atoms with E-state index in [1.165, 1.54) is 12.8 Å². The summed E-state index contributed by atoms with van der Waals surface area (Å²) in [5.74, 6) is 2.66. The first-order valence-corrected chi connectivity index (χ1v) is 10.5. The average Bonchev–Trinajstić information content (AvgIpc) is 3.38. The quantitative estimate of drug-likeness (QED) is 0.494. The van der Waals surface area contributed by atoms with Gasteiger partial charge in [0.2, 0.25) is 0 Å². The minimum Gasteiger partial charge on any atom is -0.294 e. The highest BCUT2D eigenvalue weighted by molar-refractivity contribution is 6.01. The van der Waals surface area contributed by atoms with Crippen LogP contribution in [0.5, 0.6) is 0 Å². The lowest BCUT2D eigenvalue weighted by atomic mass is 9.90. The van der Waals surface area contributed by atoms with E-state index in [4.69, 9.17) is 0 Å². The summed E-state index contributed by atoms with van der Waals surface area (Å²) in [6.07, 6.45) is 18.5. The molecule has 4 aliphatic rings. The largest absolute Gasteiger partial charge is 0.294 e. The molecule has 0 saturated heterocycles. The Morgan fingerprint density at radius 1 is 0.962 bits per heavy atom. The fourth-order valence-electron chi connectivity index (χ4n) is 5.48. The summed E-state index contributed by atoms with van der Waals surface area (Å²) in [4.78, 5) is 24.7. The lowest BCUT2D eigenvalue weighted by Gasteiger charge is -2.14. The van der Waals surface area contributed by atoms with Gasteiger partial charge >= 0.3 is 0 Å². The van der Waals surface area contributed by atoms with Crippen molar-refractivity contribution in [1.82, 2.24) is 0 Å². The van der Waals surface area contributed by atoms with E-state index in [0.717, 1.165) is 48.8 Å². The molecule has 0 amide bonds. The van der Waals surface area contributed by atoms with Crippen LogP contribution in [0.15, 0.2) is 47.1 Å². The molecule has 26 heavy (non-hydrogen) atoms. The zero-order valence-electron chi connectivity index (χ0n) is 16.0. The molecule has 0 aromatic rings. The summed E-state index contributed by atoms with van der Waals surface area (Å²) in [6, 6.07) is 0. The Balaban J connectivity index is 1.48. The van der Waals surface area contributed by atoms with Crippen LogP contribution in [0.4, 0.5) is 0 Å². The second kappa shape index (κ2) is 7.13. The highest BCUT2D eigenvalue weighted by Gasteiger charge is 2.43. The molecule has 0 aromatic heterocycles. The van der Waals surface area contributed by atoms with Gasteiger partial charge in [-0.15, -0.1) is 0 Å². The number of hydrogen-bond donors (Lipinski definition) is 0. The Bertz CT molecular complexity index is 733. The Hall–Kier alpha value is -1.70. The zero-order chi connectivity index (χ0) is 18.3. The number of hydrogen-bond acceptors (Lipinski definition) is 2. The van der Waals surface area contributed by atoms with Gasteiger partial charge in [0.05, 0.1) is 0 Å². The molecule has 0 spiro atoms. The van der Waals surface area contributed by atoms with Crippen LogP contribution in [0.1, 0.15) is 58.8 Å². The van der Waals surface area contributed by atoms with Gasteiger partial charge in [-0.25, -0.2) is 0 Å². The molecule has 4 saturated carbocycles. The molecule has 138 valence electrons. The fraction of sp³-hybridized carbons (Fsp3) is 0.583. The van der Waals surface area contributed by atoms with Gasteiger partial charge in [-0.1, -0.05) is 38.2 Å². The van der Waals surface area contributed by atoms with Gasteiger partial charge in [-0.2, -0.15) is 0 Å². The third-order valence-electron chi connectivity index (χ3n) is 6.85. The van der Waals surface area contributed by atoms with Crippen LogP contribution >= 0.6 is 0 Å². The van der Waals surface area contributed by atoms with E-state index >= 15 is 0 Å². The topological polar surface area (TPSA) is 34.1 Å². The molecule has 0 aliphatic heterocycles. The maximum atomic E-state index is 12.4. The van der Waals surface area contributed by atoms with Gasteiger partial charge in [0.1, 0.15) is 0 Å². The smallest absolute Gasteiger partial charge is 0.162 e. The van der Waals surface area contributed by atoms with Crippen LogP contribution in [-0.2, 0) is 9.59 Å². The van der Waals surface area contributed by atoms with E-state index in [9.17, 15) is 9.59 Å². The summed E-state index contributed by atoms with van der Waals surface area (Å²) >= 11 is 0. The molecule has 5 unspecified atom stereocenters. The maximum Gasteiger partial charge on any atom is 0.162 e. The molecule has 4 bridgehead atoms. The summed E-state index contributed by atoms with van der Waals surface area (Å²) in [6.45, 7) is 4.29. The van der Waals surface area contributed by atoms with Crippen LogP contribution < -0.4 is 0 Å². The first-order chi connectivity index (χ1) is 12.6. The number of rotatable bonds is 5. The van der Waals surface area contributed by atoms with Crippen molar-refractivity contribution in [3.05, 3.63) is 47.1 Å². The molecule has 0 heterocycles. The minimum absolute atomic E-state index is 0.252. The van der Waals surface area contributed by atoms with Crippen molar-refractivity contribution in [2.24, 2.45) is 29.6 Å². The highest BCUT2D eigenvalue weighted by atomic mass is 16.1. The third kappa shape index (κ3) is 3.19. The molecule has 4 rings (SSSR count). The standard InChI is InChI=1S/C24H30O2/c1-3-4-16(12-22-18-8-10-20(14-18)24(22)26)6-5-15(2)11-21-17-7-9-19(13-17)23(21)25/h4-6,11-12,15,17-20H,3,7-10,13-14H2,1-2H3/b6-5-,16-4+,21-11+,22-12+. The number of carbonyl (C=O) groups excluding carboxylic acids is 2. The van der Waals surface area contributed by atoms with Crippen LogP contribution in [0.25, 0.3) is 0 Å². The summed E-state index contributed by atoms with van der Waals surface area (Å²) in [5.41, 5.74) is 3.29. The SMILES string of the molecule is CC/C=C(\C=C/C(C)/C=C1/C(=O)C2CCC1C2)/C=C1/C(=O)C2CCC1C2. The number of ketones is 2. The van der Waals surface area contributed by atoms with E-state index in [1.54, 1.807) is 0 Å². The molecular weight excluding hydrogens is 320 g/mol. The van der Waals surface area contributed by atoms with Crippen LogP contribution in [0.3, 0.4) is 0 Å². The fourth-order valence-corrected chi connectivity index (χ4v) is 5.48. The minimum atomic E-state index is 0.252. The first-order valence-electron chi connectivity index (χ1n) is 10.5. The van der Waals surface area contributed by atoms with Gasteiger partial charge in [0, 0.05) is 11.8 Å². The van der Waals surface area contributed by atoms with E-state index in [-0.39, 0.29) is 5.92 Å². The van der Waals surface area contributed by atoms with Crippen molar-refractivity contribution < 1.29 is 9.59 Å². The number of fused-ring (bicyclic) bond motifs is 4. The summed E-state index contributed by atoms with van der Waals surface area (Å²) < 4.78 is 0. The van der Waals surface area contributed by atoms with Crippen molar-refractivity contribution in [3.8, 4) is 0 Å². The maximum absolute atomic E-state index is 12.4. The van der Waals surface area contributed by atoms with E-state index in [2.05, 4.69) is 44.2 Å². The molecule has 0 radical (unpaired) electrons. The lowest BCUT2D eigenvalue weighted by molar-refractivity contribution is -0.119. The van der Waals surface area contributed by atoms with Crippen molar-refractivity contribution in [2.45, 2.75) is 58.8 Å². The molecule has 2 heteroatoms. The van der Waals surface area contributed by atoms with Crippen molar-refractivity contribution in [1.29, 1.82) is 0 Å². The molecule has 4 aliphatic carbocycles. The second-order valence-corrected chi connectivity index (χ2v) is 8.69. The molecule has 5 atom stereocenters. The predicted molar refractivity (Wildman–Crippen MR) is 105 cm³/mol. The highest BCUT2D eigenvalue weighted by Crippen LogP contribution is 2.46. The van der Waals surface area contributed by atoms with Crippen molar-refractivity contribution in [3.63, 3.8) is 0 Å². The second-order valence-electron chi connectivity index (χ2n) is 8.69. The van der Waals surface area contributed by atoms with E-state index < -0.39 is 0 Å². The number of Topliss-reactive ketones (excluding diaryl/α,β-unsaturated/α-hetero) is 2. The zero-order valence-corrected chi connectivity index (χ0v) is 16.0. The van der Waals surface area contributed by atoms with Gasteiger partial charge in [-0.3, -0.25) is 9.59 Å². The molecule has 0 aromatic carbocycles. The normalized spacial score (nSPS) is 37.8. The van der Waals surface area contributed by atoms with Gasteiger partial charge in [0.25, 0.3) is 0 Å². The summed E-state index contributed by atoms with van der Waals surface area (Å²) in [7, 11) is 0. The Morgan fingerprint density at radius 3 is 2.08 bits per heavy atom. The molecule has 2 nitrogen and oxygen atoms in total. The first kappa shape index (κ1) is 17.7. The van der Waals surface area contributed by atoms with Crippen LogP contribution in [-0.4, -0.2) is 11.6 Å². The predicted octanol–water partition coefficient (Wildman–Crippen LogP) is 5.37. The molecule has 4 fully saturated rings. The summed E-state index contributed by atoms with van der Waals surface area (Å²) in [5, 5.41) is 0. The Labute approximate surface area is 157 Å². The van der Waals surface area contributed by atoms with Crippen LogP contribution in [0, 0.1) is 29.6 Å². The Morgan fingerprint density at radius 2 is 1.54 bits per heavy atom. The van der Waals surface area contributed by atoms with Crippen LogP contribution in [0.2, 0.25) is 0 Å². The monoisotopic (exact) mass is 350 g/mol. The molecule has 0 N–H and O–H groups in total. The van der Waals surface area contributed by atoms with Crippen molar-refractivity contribution >= 4 is 11.6 Å². The van der Waals surface area contributed by atoms with Crippen molar-refractivity contribution in [2.75, 3.05) is 0 Å².